The molecule has 134 valence electrons. The van der Waals surface area contributed by atoms with E-state index in [9.17, 15) is 9.59 Å². The number of rotatable bonds is 8. The number of carbonyl (C=O) groups is 2. The molecule has 2 aromatic heterocycles. The van der Waals surface area contributed by atoms with Crippen LogP contribution in [0.1, 0.15) is 53.6 Å². The number of pyridine rings is 1. The number of nitrogens with one attached hydrogen (secondary N) is 1. The molecule has 2 rings (SSSR count). The number of hydrogen-bond donors (Lipinski definition) is 1. The summed E-state index contributed by atoms with van der Waals surface area (Å²) in [4.78, 5) is 31.6. The van der Waals surface area contributed by atoms with Crippen LogP contribution in [0.4, 0.5) is 5.69 Å². The van der Waals surface area contributed by atoms with E-state index in [1.54, 1.807) is 30.6 Å². The molecule has 0 saturated carbocycles. The summed E-state index contributed by atoms with van der Waals surface area (Å²) in [6, 6.07) is 5.07. The molecule has 2 aromatic rings. The minimum absolute atomic E-state index is 0.0190. The van der Waals surface area contributed by atoms with Crippen molar-refractivity contribution in [3.05, 3.63) is 46.4 Å². The van der Waals surface area contributed by atoms with E-state index < -0.39 is 0 Å². The molecule has 1 N–H and O–H groups in total. The molecule has 0 unspecified atom stereocenters. The highest BCUT2D eigenvalue weighted by molar-refractivity contribution is 7.12. The summed E-state index contributed by atoms with van der Waals surface area (Å²) in [6.45, 7) is 7.70. The molecule has 0 spiro atoms. The predicted octanol–water partition coefficient (Wildman–Crippen LogP) is 4.29. The average Bonchev–Trinajstić information content (AvgIpc) is 3.11. The second-order valence-corrected chi connectivity index (χ2v) is 6.80. The van der Waals surface area contributed by atoms with Gasteiger partial charge in [0, 0.05) is 31.0 Å². The number of amides is 2. The van der Waals surface area contributed by atoms with E-state index in [0.717, 1.165) is 19.4 Å². The Balaban J connectivity index is 2.14. The first-order chi connectivity index (χ1) is 12.1. The van der Waals surface area contributed by atoms with E-state index in [0.29, 0.717) is 28.6 Å². The van der Waals surface area contributed by atoms with Crippen molar-refractivity contribution in [2.75, 3.05) is 18.4 Å². The van der Waals surface area contributed by atoms with Crippen LogP contribution in [0, 0.1) is 5.92 Å². The van der Waals surface area contributed by atoms with Crippen molar-refractivity contribution in [1.82, 2.24) is 9.88 Å². The van der Waals surface area contributed by atoms with Gasteiger partial charge < -0.3 is 10.2 Å². The predicted molar refractivity (Wildman–Crippen MR) is 102 cm³/mol. The average molecular weight is 359 g/mol. The number of hydrogen-bond acceptors (Lipinski definition) is 4. The van der Waals surface area contributed by atoms with Gasteiger partial charge in [0.25, 0.3) is 11.8 Å². The summed E-state index contributed by atoms with van der Waals surface area (Å²) in [5, 5.41) is 4.68. The molecule has 0 fully saturated rings. The Labute approximate surface area is 153 Å². The van der Waals surface area contributed by atoms with Crippen molar-refractivity contribution in [3.63, 3.8) is 0 Å². The van der Waals surface area contributed by atoms with E-state index in [4.69, 9.17) is 0 Å². The molecule has 0 aliphatic carbocycles. The lowest BCUT2D eigenvalue weighted by Gasteiger charge is -2.25. The van der Waals surface area contributed by atoms with Gasteiger partial charge in [-0.25, -0.2) is 0 Å². The molecule has 25 heavy (non-hydrogen) atoms. The van der Waals surface area contributed by atoms with E-state index >= 15 is 0 Å². The SMILES string of the molecule is CCC(CC)CN(CC)C(=O)c1sccc1NC(=O)c1ccncc1. The largest absolute Gasteiger partial charge is 0.338 e. The Kier molecular flexibility index (Phi) is 7.13. The maximum atomic E-state index is 12.9. The second-order valence-electron chi connectivity index (χ2n) is 5.88. The van der Waals surface area contributed by atoms with Gasteiger partial charge >= 0.3 is 0 Å². The Morgan fingerprint density at radius 1 is 1.16 bits per heavy atom. The molecule has 6 heteroatoms. The lowest BCUT2D eigenvalue weighted by molar-refractivity contribution is 0.0741. The van der Waals surface area contributed by atoms with Crippen molar-refractivity contribution in [3.8, 4) is 0 Å². The van der Waals surface area contributed by atoms with Crippen LogP contribution < -0.4 is 5.32 Å². The Morgan fingerprint density at radius 3 is 2.44 bits per heavy atom. The van der Waals surface area contributed by atoms with Gasteiger partial charge in [0.05, 0.1) is 5.69 Å². The minimum Gasteiger partial charge on any atom is -0.338 e. The maximum Gasteiger partial charge on any atom is 0.266 e. The first-order valence-corrected chi connectivity index (χ1v) is 9.56. The van der Waals surface area contributed by atoms with Gasteiger partial charge in [-0.05, 0) is 36.4 Å². The first-order valence-electron chi connectivity index (χ1n) is 8.68. The molecule has 0 saturated heterocycles. The molecule has 0 atom stereocenters. The summed E-state index contributed by atoms with van der Waals surface area (Å²) in [5.74, 6) is 0.242. The topological polar surface area (TPSA) is 62.3 Å². The van der Waals surface area contributed by atoms with E-state index in [1.807, 2.05) is 17.2 Å². The zero-order chi connectivity index (χ0) is 18.2. The summed E-state index contributed by atoms with van der Waals surface area (Å²) in [5.41, 5.74) is 1.09. The number of thiophene rings is 1. The number of anilines is 1. The zero-order valence-electron chi connectivity index (χ0n) is 15.0. The van der Waals surface area contributed by atoms with E-state index in [2.05, 4.69) is 24.1 Å². The van der Waals surface area contributed by atoms with Crippen molar-refractivity contribution < 1.29 is 9.59 Å². The van der Waals surface area contributed by atoms with Crippen molar-refractivity contribution in [1.29, 1.82) is 0 Å². The van der Waals surface area contributed by atoms with Crippen LogP contribution in [-0.4, -0.2) is 34.8 Å². The van der Waals surface area contributed by atoms with Crippen LogP contribution in [0.15, 0.2) is 36.0 Å². The summed E-state index contributed by atoms with van der Waals surface area (Å²) in [7, 11) is 0. The number of nitrogens with zero attached hydrogens (tertiary/aromatic N) is 2. The van der Waals surface area contributed by atoms with E-state index in [1.165, 1.54) is 11.3 Å². The highest BCUT2D eigenvalue weighted by Gasteiger charge is 2.22. The Morgan fingerprint density at radius 2 is 1.84 bits per heavy atom. The van der Waals surface area contributed by atoms with Crippen LogP contribution in [0.5, 0.6) is 0 Å². The summed E-state index contributed by atoms with van der Waals surface area (Å²) >= 11 is 1.36. The fraction of sp³-hybridized carbons (Fsp3) is 0.421. The minimum atomic E-state index is -0.238. The Hall–Kier alpha value is -2.21. The van der Waals surface area contributed by atoms with Gasteiger partial charge in [0.2, 0.25) is 0 Å². The third kappa shape index (κ3) is 4.89. The molecule has 0 aliphatic rings. The van der Waals surface area contributed by atoms with Crippen LogP contribution in [0.2, 0.25) is 0 Å². The van der Waals surface area contributed by atoms with Gasteiger partial charge in [-0.2, -0.15) is 0 Å². The van der Waals surface area contributed by atoms with Crippen molar-refractivity contribution >= 4 is 28.8 Å². The molecule has 0 bridgehead atoms. The van der Waals surface area contributed by atoms with Crippen molar-refractivity contribution in [2.24, 2.45) is 5.92 Å². The molecular weight excluding hydrogens is 334 g/mol. The third-order valence-corrected chi connectivity index (χ3v) is 5.25. The highest BCUT2D eigenvalue weighted by atomic mass is 32.1. The number of aromatic nitrogens is 1. The number of carbonyl (C=O) groups excluding carboxylic acids is 2. The van der Waals surface area contributed by atoms with Crippen molar-refractivity contribution in [2.45, 2.75) is 33.6 Å². The quantitative estimate of drug-likeness (QED) is 0.764. The lowest BCUT2D eigenvalue weighted by Crippen LogP contribution is -2.35. The molecule has 5 nitrogen and oxygen atoms in total. The van der Waals surface area contributed by atoms with Crippen LogP contribution in [-0.2, 0) is 0 Å². The fourth-order valence-electron chi connectivity index (χ4n) is 2.63. The van der Waals surface area contributed by atoms with Gasteiger partial charge in [-0.1, -0.05) is 26.7 Å². The van der Waals surface area contributed by atoms with Crippen LogP contribution in [0.3, 0.4) is 0 Å². The van der Waals surface area contributed by atoms with Gasteiger partial charge in [-0.15, -0.1) is 11.3 Å². The lowest BCUT2D eigenvalue weighted by atomic mass is 10.0. The fourth-order valence-corrected chi connectivity index (χ4v) is 3.45. The molecule has 2 amide bonds. The van der Waals surface area contributed by atoms with Gasteiger partial charge in [-0.3, -0.25) is 14.6 Å². The molecule has 2 heterocycles. The molecular formula is C19H25N3O2S. The summed E-state index contributed by atoms with van der Waals surface area (Å²) in [6.07, 6.45) is 5.25. The molecule has 0 aromatic carbocycles. The monoisotopic (exact) mass is 359 g/mol. The zero-order valence-corrected chi connectivity index (χ0v) is 15.8. The smallest absolute Gasteiger partial charge is 0.266 e. The van der Waals surface area contributed by atoms with Crippen LogP contribution >= 0.6 is 11.3 Å². The third-order valence-electron chi connectivity index (χ3n) is 4.35. The van der Waals surface area contributed by atoms with Gasteiger partial charge in [0.15, 0.2) is 0 Å². The van der Waals surface area contributed by atoms with E-state index in [-0.39, 0.29) is 11.8 Å². The van der Waals surface area contributed by atoms with Crippen LogP contribution in [0.25, 0.3) is 0 Å². The summed E-state index contributed by atoms with van der Waals surface area (Å²) < 4.78 is 0. The maximum absolute atomic E-state index is 12.9. The normalized spacial score (nSPS) is 10.7. The second kappa shape index (κ2) is 9.32. The van der Waals surface area contributed by atoms with Gasteiger partial charge in [0.1, 0.15) is 4.88 Å². The molecule has 0 aliphatic heterocycles. The Bertz CT molecular complexity index is 696. The highest BCUT2D eigenvalue weighted by Crippen LogP contribution is 2.25. The molecule has 0 radical (unpaired) electrons. The standard InChI is InChI=1S/C19H25N3O2S/c1-4-14(5-2)13-22(6-3)19(24)17-16(9-12-25-17)21-18(23)15-7-10-20-11-8-15/h7-12,14H,4-6,13H2,1-3H3,(H,21,23). The first kappa shape index (κ1) is 19.1.